The second-order valence-corrected chi connectivity index (χ2v) is 5.27. The summed E-state index contributed by atoms with van der Waals surface area (Å²) in [6.45, 7) is 4.17. The van der Waals surface area contributed by atoms with E-state index in [1.807, 2.05) is 0 Å². The van der Waals surface area contributed by atoms with E-state index >= 15 is 0 Å². The monoisotopic (exact) mass is 291 g/mol. The van der Waals surface area contributed by atoms with Gasteiger partial charge in [-0.1, -0.05) is 55.8 Å². The Hall–Kier alpha value is -1.38. The molecule has 0 amide bonds. The van der Waals surface area contributed by atoms with Gasteiger partial charge in [-0.15, -0.1) is 0 Å². The van der Waals surface area contributed by atoms with E-state index in [0.29, 0.717) is 5.56 Å². The first kappa shape index (κ1) is 15.0. The molecular weight excluding hydrogens is 273 g/mol. The lowest BCUT2D eigenvalue weighted by molar-refractivity contribution is 0.599. The lowest BCUT2D eigenvalue weighted by Crippen LogP contribution is -2.16. The van der Waals surface area contributed by atoms with Gasteiger partial charge in [0.2, 0.25) is 0 Å². The Labute approximate surface area is 124 Å². The summed E-state index contributed by atoms with van der Waals surface area (Å²) in [6.07, 6.45) is 1.80. The van der Waals surface area contributed by atoms with Gasteiger partial charge in [0.15, 0.2) is 0 Å². The summed E-state index contributed by atoms with van der Waals surface area (Å²) in [7, 11) is 0. The van der Waals surface area contributed by atoms with E-state index < -0.39 is 11.9 Å². The van der Waals surface area contributed by atoms with Crippen molar-refractivity contribution in [3.05, 3.63) is 69.5 Å². The van der Waals surface area contributed by atoms with Gasteiger partial charge in [-0.3, -0.25) is 0 Å². The molecule has 0 radical (unpaired) electrons. The van der Waals surface area contributed by atoms with Gasteiger partial charge in [0.05, 0.1) is 11.1 Å². The minimum atomic E-state index is -0.491. The molecule has 3 heteroatoms. The Bertz CT molecular complexity index is 610. The van der Waals surface area contributed by atoms with Crippen molar-refractivity contribution in [1.29, 1.82) is 0 Å². The number of hydrogen-bond donors (Lipinski definition) is 1. The van der Waals surface area contributed by atoms with Crippen LogP contribution >= 0.6 is 11.6 Å². The van der Waals surface area contributed by atoms with Crippen molar-refractivity contribution >= 4 is 11.6 Å². The van der Waals surface area contributed by atoms with Crippen LogP contribution in [0.2, 0.25) is 5.02 Å². The minimum Gasteiger partial charge on any atom is -0.320 e. The van der Waals surface area contributed by atoms with Crippen LogP contribution in [0, 0.1) is 5.82 Å². The SMILES string of the molecule is CCc1ccc(CC)c(C(N)c2cccc(Cl)c2F)c1. The standard InChI is InChI=1S/C17H19ClFN/c1-3-11-8-9-12(4-2)14(10-11)17(20)13-6-5-7-15(18)16(13)19/h5-10,17H,3-4,20H2,1-2H3. The van der Waals surface area contributed by atoms with E-state index in [9.17, 15) is 4.39 Å². The first-order valence-electron chi connectivity index (χ1n) is 6.89. The molecule has 0 spiro atoms. The van der Waals surface area contributed by atoms with Crippen LogP contribution < -0.4 is 5.73 Å². The predicted molar refractivity (Wildman–Crippen MR) is 82.6 cm³/mol. The van der Waals surface area contributed by atoms with Gasteiger partial charge in [-0.25, -0.2) is 4.39 Å². The molecule has 2 aromatic carbocycles. The van der Waals surface area contributed by atoms with E-state index in [0.717, 1.165) is 24.0 Å². The maximum Gasteiger partial charge on any atom is 0.146 e. The van der Waals surface area contributed by atoms with Crippen LogP contribution in [-0.2, 0) is 12.8 Å². The lowest BCUT2D eigenvalue weighted by atomic mass is 9.91. The summed E-state index contributed by atoms with van der Waals surface area (Å²) in [5.74, 6) is -0.425. The quantitative estimate of drug-likeness (QED) is 0.871. The second-order valence-electron chi connectivity index (χ2n) is 4.86. The molecule has 1 unspecified atom stereocenters. The van der Waals surface area contributed by atoms with Crippen molar-refractivity contribution in [2.24, 2.45) is 5.73 Å². The van der Waals surface area contributed by atoms with Crippen molar-refractivity contribution in [3.63, 3.8) is 0 Å². The molecule has 2 N–H and O–H groups in total. The largest absolute Gasteiger partial charge is 0.320 e. The average Bonchev–Trinajstić information content (AvgIpc) is 2.48. The van der Waals surface area contributed by atoms with E-state index in [1.54, 1.807) is 12.1 Å². The third-order valence-electron chi connectivity index (χ3n) is 3.65. The normalized spacial score (nSPS) is 12.4. The molecular formula is C17H19ClFN. The first-order valence-corrected chi connectivity index (χ1v) is 7.27. The molecule has 0 fully saturated rings. The number of halogens is 2. The molecule has 1 nitrogen and oxygen atoms in total. The molecule has 2 aromatic rings. The first-order chi connectivity index (χ1) is 9.58. The van der Waals surface area contributed by atoms with Crippen molar-refractivity contribution in [2.75, 3.05) is 0 Å². The molecule has 0 aliphatic carbocycles. The minimum absolute atomic E-state index is 0.114. The summed E-state index contributed by atoms with van der Waals surface area (Å²) < 4.78 is 14.1. The molecule has 0 heterocycles. The number of nitrogens with two attached hydrogens (primary N) is 1. The Morgan fingerprint density at radius 3 is 2.50 bits per heavy atom. The summed E-state index contributed by atoms with van der Waals surface area (Å²) in [5.41, 5.74) is 10.1. The maximum atomic E-state index is 14.1. The molecule has 1 atom stereocenters. The van der Waals surface area contributed by atoms with Crippen LogP contribution in [0.3, 0.4) is 0 Å². The highest BCUT2D eigenvalue weighted by Crippen LogP contribution is 2.29. The van der Waals surface area contributed by atoms with Crippen molar-refractivity contribution < 1.29 is 4.39 Å². The van der Waals surface area contributed by atoms with Crippen LogP contribution in [-0.4, -0.2) is 0 Å². The number of benzene rings is 2. The Balaban J connectivity index is 2.51. The summed E-state index contributed by atoms with van der Waals surface area (Å²) >= 11 is 5.85. The summed E-state index contributed by atoms with van der Waals surface area (Å²) in [4.78, 5) is 0. The van der Waals surface area contributed by atoms with Crippen LogP contribution in [0.5, 0.6) is 0 Å². The van der Waals surface area contributed by atoms with Gasteiger partial charge in [-0.2, -0.15) is 0 Å². The predicted octanol–water partition coefficient (Wildman–Crippen LogP) is 4.65. The fraction of sp³-hybridized carbons (Fsp3) is 0.294. The molecule has 0 aliphatic heterocycles. The van der Waals surface area contributed by atoms with Crippen LogP contribution in [0.25, 0.3) is 0 Å². The molecule has 0 aromatic heterocycles. The highest BCUT2D eigenvalue weighted by molar-refractivity contribution is 6.30. The molecule has 2 rings (SSSR count). The topological polar surface area (TPSA) is 26.0 Å². The molecule has 0 aliphatic rings. The molecule has 0 saturated carbocycles. The van der Waals surface area contributed by atoms with Gasteiger partial charge < -0.3 is 5.73 Å². The number of hydrogen-bond acceptors (Lipinski definition) is 1. The summed E-state index contributed by atoms with van der Waals surface area (Å²) in [6, 6.07) is 10.7. The van der Waals surface area contributed by atoms with E-state index in [1.165, 1.54) is 11.6 Å². The zero-order chi connectivity index (χ0) is 14.7. The fourth-order valence-electron chi connectivity index (χ4n) is 2.40. The van der Waals surface area contributed by atoms with Gasteiger partial charge in [0.25, 0.3) is 0 Å². The van der Waals surface area contributed by atoms with E-state index in [2.05, 4.69) is 32.0 Å². The van der Waals surface area contributed by atoms with Crippen molar-refractivity contribution in [1.82, 2.24) is 0 Å². The second kappa shape index (κ2) is 6.38. The van der Waals surface area contributed by atoms with Crippen molar-refractivity contribution in [2.45, 2.75) is 32.7 Å². The third kappa shape index (κ3) is 2.87. The molecule has 106 valence electrons. The van der Waals surface area contributed by atoms with Crippen molar-refractivity contribution in [3.8, 4) is 0 Å². The number of aryl methyl sites for hydroxylation is 2. The van der Waals surface area contributed by atoms with E-state index in [4.69, 9.17) is 17.3 Å². The van der Waals surface area contributed by atoms with Gasteiger partial charge in [0, 0.05) is 5.56 Å². The molecule has 0 bridgehead atoms. The Morgan fingerprint density at radius 1 is 1.10 bits per heavy atom. The zero-order valence-electron chi connectivity index (χ0n) is 11.8. The average molecular weight is 292 g/mol. The van der Waals surface area contributed by atoms with Crippen LogP contribution in [0.15, 0.2) is 36.4 Å². The Morgan fingerprint density at radius 2 is 1.85 bits per heavy atom. The molecule has 20 heavy (non-hydrogen) atoms. The zero-order valence-corrected chi connectivity index (χ0v) is 12.5. The Kier molecular flexibility index (Phi) is 4.79. The van der Waals surface area contributed by atoms with E-state index in [-0.39, 0.29) is 5.02 Å². The van der Waals surface area contributed by atoms with Gasteiger partial charge >= 0.3 is 0 Å². The van der Waals surface area contributed by atoms with Crippen LogP contribution in [0.4, 0.5) is 4.39 Å². The lowest BCUT2D eigenvalue weighted by Gasteiger charge is -2.18. The van der Waals surface area contributed by atoms with Crippen LogP contribution in [0.1, 0.15) is 42.1 Å². The third-order valence-corrected chi connectivity index (χ3v) is 3.94. The fourth-order valence-corrected chi connectivity index (χ4v) is 2.59. The smallest absolute Gasteiger partial charge is 0.146 e. The molecule has 0 saturated heterocycles. The highest BCUT2D eigenvalue weighted by atomic mass is 35.5. The highest BCUT2D eigenvalue weighted by Gasteiger charge is 2.18. The summed E-state index contributed by atoms with van der Waals surface area (Å²) in [5, 5.41) is 0.114. The maximum absolute atomic E-state index is 14.1. The van der Waals surface area contributed by atoms with Gasteiger partial charge in [0.1, 0.15) is 5.82 Å². The number of rotatable bonds is 4. The van der Waals surface area contributed by atoms with Gasteiger partial charge in [-0.05, 0) is 35.6 Å².